The van der Waals surface area contributed by atoms with Crippen LogP contribution in [0.1, 0.15) is 18.5 Å². The van der Waals surface area contributed by atoms with E-state index >= 15 is 0 Å². The first-order valence-corrected chi connectivity index (χ1v) is 6.88. The maximum absolute atomic E-state index is 11.8. The number of nitro benzene ring substituents is 1. The number of imide groups is 1. The van der Waals surface area contributed by atoms with Crippen molar-refractivity contribution in [3.63, 3.8) is 0 Å². The molecule has 0 fully saturated rings. The van der Waals surface area contributed by atoms with E-state index in [1.165, 1.54) is 26.2 Å². The van der Waals surface area contributed by atoms with Crippen LogP contribution in [0.2, 0.25) is 0 Å². The lowest BCUT2D eigenvalue weighted by atomic mass is 10.0. The van der Waals surface area contributed by atoms with Crippen molar-refractivity contribution >= 4 is 17.5 Å². The molecule has 24 heavy (non-hydrogen) atoms. The minimum absolute atomic E-state index is 0.0879. The van der Waals surface area contributed by atoms with Crippen molar-refractivity contribution in [3.8, 4) is 23.8 Å². The maximum atomic E-state index is 11.8. The highest BCUT2D eigenvalue weighted by Gasteiger charge is 2.34. The normalized spacial score (nSPS) is 14.5. The number of nitrogens with zero attached hydrogens (tertiary/aromatic N) is 2. The number of carbonyl (C=O) groups is 2. The topological polar surface area (TPSA) is 99.0 Å². The van der Waals surface area contributed by atoms with Crippen molar-refractivity contribution in [2.24, 2.45) is 0 Å². The first-order chi connectivity index (χ1) is 11.4. The Kier molecular flexibility index (Phi) is 4.84. The SMILES string of the molecule is C#CCOc1cc([N+](=O)[O-])c(C(C)N2C(=O)C=CC2=O)cc1OC. The fraction of sp³-hybridized carbons (Fsp3) is 0.250. The van der Waals surface area contributed by atoms with Crippen LogP contribution in [0.25, 0.3) is 0 Å². The lowest BCUT2D eigenvalue weighted by molar-refractivity contribution is -0.385. The summed E-state index contributed by atoms with van der Waals surface area (Å²) in [6, 6.07) is 1.68. The van der Waals surface area contributed by atoms with E-state index in [0.29, 0.717) is 0 Å². The van der Waals surface area contributed by atoms with Gasteiger partial charge in [-0.2, -0.15) is 0 Å². The van der Waals surface area contributed by atoms with Crippen LogP contribution in [0.15, 0.2) is 24.3 Å². The van der Waals surface area contributed by atoms with Gasteiger partial charge < -0.3 is 9.47 Å². The summed E-state index contributed by atoms with van der Waals surface area (Å²) in [7, 11) is 1.37. The maximum Gasteiger partial charge on any atom is 0.278 e. The Morgan fingerprint density at radius 2 is 1.92 bits per heavy atom. The third-order valence-electron chi connectivity index (χ3n) is 3.50. The number of hydrogen-bond donors (Lipinski definition) is 0. The second kappa shape index (κ2) is 6.83. The monoisotopic (exact) mass is 330 g/mol. The molecule has 0 N–H and O–H groups in total. The molecule has 124 valence electrons. The highest BCUT2D eigenvalue weighted by molar-refractivity contribution is 6.13. The summed E-state index contributed by atoms with van der Waals surface area (Å²) < 4.78 is 10.4. The molecule has 0 saturated heterocycles. The van der Waals surface area contributed by atoms with Gasteiger partial charge in [-0.3, -0.25) is 24.6 Å². The van der Waals surface area contributed by atoms with Gasteiger partial charge in [0.1, 0.15) is 6.61 Å². The first-order valence-electron chi connectivity index (χ1n) is 6.88. The zero-order chi connectivity index (χ0) is 17.9. The van der Waals surface area contributed by atoms with E-state index in [-0.39, 0.29) is 29.4 Å². The number of nitro groups is 1. The van der Waals surface area contributed by atoms with E-state index in [2.05, 4.69) is 5.92 Å². The summed E-state index contributed by atoms with van der Waals surface area (Å²) in [5, 5.41) is 11.4. The van der Waals surface area contributed by atoms with E-state index in [1.54, 1.807) is 0 Å². The Morgan fingerprint density at radius 3 is 2.42 bits per heavy atom. The lowest BCUT2D eigenvalue weighted by Gasteiger charge is -2.23. The molecule has 2 rings (SSSR count). The average molecular weight is 330 g/mol. The molecule has 0 aliphatic carbocycles. The number of carbonyl (C=O) groups excluding carboxylic acids is 2. The average Bonchev–Trinajstić information content (AvgIpc) is 2.90. The van der Waals surface area contributed by atoms with Gasteiger partial charge >= 0.3 is 0 Å². The molecule has 0 radical (unpaired) electrons. The van der Waals surface area contributed by atoms with Gasteiger partial charge in [0.05, 0.1) is 29.7 Å². The summed E-state index contributed by atoms with van der Waals surface area (Å²) in [6.45, 7) is 1.43. The molecule has 0 aromatic heterocycles. The van der Waals surface area contributed by atoms with Crippen LogP contribution >= 0.6 is 0 Å². The molecule has 1 unspecified atom stereocenters. The predicted molar refractivity (Wildman–Crippen MR) is 83.4 cm³/mol. The Balaban J connectivity index is 2.52. The summed E-state index contributed by atoms with van der Waals surface area (Å²) in [5.41, 5.74) is -0.155. The standard InChI is InChI=1S/C16H14N2O6/c1-4-7-24-14-9-12(18(21)22)11(8-13(14)23-3)10(2)17-15(19)5-6-16(17)20/h1,5-6,8-10H,7H2,2-3H3. The number of hydrogen-bond acceptors (Lipinski definition) is 6. The molecule has 1 aromatic carbocycles. The first kappa shape index (κ1) is 17.0. The van der Waals surface area contributed by atoms with Gasteiger partial charge in [0, 0.05) is 12.2 Å². The van der Waals surface area contributed by atoms with Crippen LogP contribution in [-0.2, 0) is 9.59 Å². The molecule has 1 aliphatic heterocycles. The zero-order valence-corrected chi connectivity index (χ0v) is 13.0. The summed E-state index contributed by atoms with van der Waals surface area (Å²) >= 11 is 0. The van der Waals surface area contributed by atoms with Crippen LogP contribution in [0.5, 0.6) is 11.5 Å². The molecule has 8 heteroatoms. The Labute approximate surface area is 137 Å². The van der Waals surface area contributed by atoms with Gasteiger partial charge in [-0.15, -0.1) is 6.42 Å². The minimum Gasteiger partial charge on any atom is -0.493 e. The largest absolute Gasteiger partial charge is 0.493 e. The van der Waals surface area contributed by atoms with Crippen LogP contribution < -0.4 is 9.47 Å². The molecule has 0 spiro atoms. The highest BCUT2D eigenvalue weighted by Crippen LogP contribution is 2.39. The number of amides is 2. The molecule has 1 atom stereocenters. The molecule has 1 aliphatic rings. The number of methoxy groups -OCH3 is 1. The molecular formula is C16H14N2O6. The van der Waals surface area contributed by atoms with Crippen molar-refractivity contribution in [2.75, 3.05) is 13.7 Å². The van der Waals surface area contributed by atoms with Crippen LogP contribution in [0.3, 0.4) is 0 Å². The van der Waals surface area contributed by atoms with Crippen molar-refractivity contribution in [1.29, 1.82) is 0 Å². The fourth-order valence-electron chi connectivity index (χ4n) is 2.38. The van der Waals surface area contributed by atoms with Crippen molar-refractivity contribution in [3.05, 3.63) is 40.0 Å². The highest BCUT2D eigenvalue weighted by atomic mass is 16.6. The molecule has 8 nitrogen and oxygen atoms in total. The number of ether oxygens (including phenoxy) is 2. The minimum atomic E-state index is -0.851. The van der Waals surface area contributed by atoms with E-state index < -0.39 is 22.8 Å². The van der Waals surface area contributed by atoms with E-state index in [4.69, 9.17) is 15.9 Å². The second-order valence-corrected chi connectivity index (χ2v) is 4.87. The second-order valence-electron chi connectivity index (χ2n) is 4.87. The van der Waals surface area contributed by atoms with Crippen molar-refractivity contribution in [2.45, 2.75) is 13.0 Å². The lowest BCUT2D eigenvalue weighted by Crippen LogP contribution is -2.33. The number of rotatable bonds is 6. The molecule has 0 saturated carbocycles. The van der Waals surface area contributed by atoms with Gasteiger partial charge in [0.2, 0.25) is 0 Å². The van der Waals surface area contributed by atoms with E-state index in [0.717, 1.165) is 17.1 Å². The van der Waals surface area contributed by atoms with E-state index in [1.807, 2.05) is 0 Å². The number of benzene rings is 1. The van der Waals surface area contributed by atoms with Crippen LogP contribution in [0, 0.1) is 22.5 Å². The molecule has 1 heterocycles. The Morgan fingerprint density at radius 1 is 1.29 bits per heavy atom. The quantitative estimate of drug-likeness (QED) is 0.340. The molecule has 2 amide bonds. The third-order valence-corrected chi connectivity index (χ3v) is 3.50. The summed E-state index contributed by atoms with van der Waals surface area (Å²) in [4.78, 5) is 35.3. The van der Waals surface area contributed by atoms with Gasteiger partial charge in [-0.1, -0.05) is 5.92 Å². The van der Waals surface area contributed by atoms with Crippen LogP contribution in [0.4, 0.5) is 5.69 Å². The zero-order valence-electron chi connectivity index (χ0n) is 13.0. The van der Waals surface area contributed by atoms with Gasteiger partial charge in [0.15, 0.2) is 11.5 Å². The third kappa shape index (κ3) is 3.05. The summed E-state index contributed by atoms with van der Waals surface area (Å²) in [5.74, 6) is 1.51. The van der Waals surface area contributed by atoms with Gasteiger partial charge in [-0.25, -0.2) is 0 Å². The molecule has 0 bridgehead atoms. The van der Waals surface area contributed by atoms with Gasteiger partial charge in [0.25, 0.3) is 17.5 Å². The van der Waals surface area contributed by atoms with E-state index in [9.17, 15) is 19.7 Å². The number of terminal acetylenes is 1. The van der Waals surface area contributed by atoms with Crippen molar-refractivity contribution in [1.82, 2.24) is 4.90 Å². The Hall–Kier alpha value is -3.34. The van der Waals surface area contributed by atoms with Crippen molar-refractivity contribution < 1.29 is 24.0 Å². The molecule has 1 aromatic rings. The fourth-order valence-corrected chi connectivity index (χ4v) is 2.38. The van der Waals surface area contributed by atoms with Gasteiger partial charge in [-0.05, 0) is 13.0 Å². The Bertz CT molecular complexity index is 760. The smallest absolute Gasteiger partial charge is 0.278 e. The summed E-state index contributed by atoms with van der Waals surface area (Å²) in [6.07, 6.45) is 7.35. The molecular weight excluding hydrogens is 316 g/mol. The predicted octanol–water partition coefficient (Wildman–Crippen LogP) is 1.60. The van der Waals surface area contributed by atoms with Crippen LogP contribution in [-0.4, -0.2) is 35.4 Å².